The highest BCUT2D eigenvalue weighted by molar-refractivity contribution is 5.83. The molecule has 2 N–H and O–H groups in total. The van der Waals surface area contributed by atoms with Crippen LogP contribution in [0.25, 0.3) is 0 Å². The Bertz CT molecular complexity index is 322. The van der Waals surface area contributed by atoms with E-state index in [1.165, 1.54) is 0 Å². The van der Waals surface area contributed by atoms with E-state index in [4.69, 9.17) is 5.11 Å². The number of nitrogens with one attached hydrogen (secondary N) is 1. The monoisotopic (exact) mass is 221 g/mol. The van der Waals surface area contributed by atoms with Crippen molar-refractivity contribution >= 4 is 5.91 Å². The lowest BCUT2D eigenvalue weighted by atomic mass is 10.0. The van der Waals surface area contributed by atoms with Gasteiger partial charge in [0.15, 0.2) is 0 Å². The van der Waals surface area contributed by atoms with E-state index in [2.05, 4.69) is 5.32 Å². The molecule has 3 heteroatoms. The van der Waals surface area contributed by atoms with Gasteiger partial charge < -0.3 is 10.4 Å². The highest BCUT2D eigenvalue weighted by Gasteiger charge is 2.13. The molecule has 0 bridgehead atoms. The van der Waals surface area contributed by atoms with Gasteiger partial charge in [0.1, 0.15) is 0 Å². The predicted octanol–water partition coefficient (Wildman–Crippen LogP) is 1.68. The lowest BCUT2D eigenvalue weighted by Gasteiger charge is -2.12. The van der Waals surface area contributed by atoms with Crippen molar-refractivity contribution in [3.63, 3.8) is 0 Å². The van der Waals surface area contributed by atoms with Gasteiger partial charge in [-0.1, -0.05) is 30.3 Å². The first kappa shape index (κ1) is 12.7. The zero-order valence-electron chi connectivity index (χ0n) is 9.81. The molecule has 0 aliphatic carbocycles. The minimum absolute atomic E-state index is 0.00634. The molecule has 0 saturated carbocycles. The summed E-state index contributed by atoms with van der Waals surface area (Å²) in [5.74, 6) is -0.137. The van der Waals surface area contributed by atoms with Gasteiger partial charge in [0.25, 0.3) is 0 Å². The van der Waals surface area contributed by atoms with Crippen LogP contribution in [0.4, 0.5) is 0 Å². The van der Waals surface area contributed by atoms with Crippen LogP contribution < -0.4 is 5.32 Å². The molecule has 88 valence electrons. The van der Waals surface area contributed by atoms with Crippen LogP contribution in [-0.2, 0) is 4.79 Å². The van der Waals surface area contributed by atoms with Crippen LogP contribution >= 0.6 is 0 Å². The van der Waals surface area contributed by atoms with Crippen molar-refractivity contribution in [3.05, 3.63) is 35.9 Å². The number of hydrogen-bond acceptors (Lipinski definition) is 2. The van der Waals surface area contributed by atoms with Crippen LogP contribution in [0, 0.1) is 0 Å². The molecule has 1 aromatic rings. The maximum absolute atomic E-state index is 11.7. The molecule has 1 rings (SSSR count). The molecule has 2 atom stereocenters. The Labute approximate surface area is 96.5 Å². The van der Waals surface area contributed by atoms with Crippen LogP contribution in [0.5, 0.6) is 0 Å². The molecule has 0 saturated heterocycles. The number of aliphatic hydroxyl groups is 1. The number of rotatable bonds is 5. The highest BCUT2D eigenvalue weighted by Crippen LogP contribution is 2.14. The third-order valence-corrected chi connectivity index (χ3v) is 2.55. The summed E-state index contributed by atoms with van der Waals surface area (Å²) in [4.78, 5) is 11.7. The Kier molecular flexibility index (Phi) is 4.99. The molecular formula is C13H19NO2. The topological polar surface area (TPSA) is 49.3 Å². The fourth-order valence-electron chi connectivity index (χ4n) is 1.45. The summed E-state index contributed by atoms with van der Waals surface area (Å²) < 4.78 is 0. The van der Waals surface area contributed by atoms with E-state index in [1.807, 2.05) is 37.3 Å². The number of benzene rings is 1. The van der Waals surface area contributed by atoms with E-state index in [9.17, 15) is 4.79 Å². The third-order valence-electron chi connectivity index (χ3n) is 2.55. The Hall–Kier alpha value is -1.35. The minimum atomic E-state index is -0.368. The van der Waals surface area contributed by atoms with Gasteiger partial charge in [0, 0.05) is 6.54 Å². The highest BCUT2D eigenvalue weighted by atomic mass is 16.3. The second-order valence-electron chi connectivity index (χ2n) is 4.06. The third kappa shape index (κ3) is 4.03. The normalized spacial score (nSPS) is 14.2. The number of aliphatic hydroxyl groups excluding tert-OH is 1. The van der Waals surface area contributed by atoms with Crippen molar-refractivity contribution in [2.24, 2.45) is 0 Å². The molecule has 0 heterocycles. The summed E-state index contributed by atoms with van der Waals surface area (Å²) in [5, 5.41) is 11.9. The number of carbonyl (C=O) groups is 1. The van der Waals surface area contributed by atoms with E-state index >= 15 is 0 Å². The van der Waals surface area contributed by atoms with Gasteiger partial charge in [-0.3, -0.25) is 4.79 Å². The fourth-order valence-corrected chi connectivity index (χ4v) is 1.45. The lowest BCUT2D eigenvalue weighted by Crippen LogP contribution is -2.30. The summed E-state index contributed by atoms with van der Waals surface area (Å²) in [6.45, 7) is 4.12. The number of carbonyl (C=O) groups excluding carboxylic acids is 1. The van der Waals surface area contributed by atoms with Crippen molar-refractivity contribution in [2.75, 3.05) is 6.54 Å². The minimum Gasteiger partial charge on any atom is -0.393 e. The molecule has 16 heavy (non-hydrogen) atoms. The van der Waals surface area contributed by atoms with Gasteiger partial charge in [-0.15, -0.1) is 0 Å². The second kappa shape index (κ2) is 6.28. The fraction of sp³-hybridized carbons (Fsp3) is 0.462. The van der Waals surface area contributed by atoms with Gasteiger partial charge in [0.05, 0.1) is 12.0 Å². The van der Waals surface area contributed by atoms with Crippen molar-refractivity contribution < 1.29 is 9.90 Å². The van der Waals surface area contributed by atoms with Crippen LogP contribution in [0.1, 0.15) is 31.7 Å². The van der Waals surface area contributed by atoms with Gasteiger partial charge in [-0.2, -0.15) is 0 Å². The molecule has 3 nitrogen and oxygen atoms in total. The van der Waals surface area contributed by atoms with Gasteiger partial charge in [-0.25, -0.2) is 0 Å². The SMILES string of the molecule is CC(O)CCNC(=O)C(C)c1ccccc1. The van der Waals surface area contributed by atoms with Crippen LogP contribution in [0.3, 0.4) is 0 Å². The largest absolute Gasteiger partial charge is 0.393 e. The lowest BCUT2D eigenvalue weighted by molar-refractivity contribution is -0.122. The molecule has 0 aromatic heterocycles. The number of hydrogen-bond donors (Lipinski definition) is 2. The maximum Gasteiger partial charge on any atom is 0.227 e. The zero-order valence-corrected chi connectivity index (χ0v) is 9.81. The van der Waals surface area contributed by atoms with Crippen molar-refractivity contribution in [1.82, 2.24) is 5.32 Å². The maximum atomic E-state index is 11.7. The first-order chi connectivity index (χ1) is 7.61. The first-order valence-corrected chi connectivity index (χ1v) is 5.62. The quantitative estimate of drug-likeness (QED) is 0.794. The molecule has 0 fully saturated rings. The molecule has 2 unspecified atom stereocenters. The standard InChI is InChI=1S/C13H19NO2/c1-10(15)8-9-14-13(16)11(2)12-6-4-3-5-7-12/h3-7,10-11,15H,8-9H2,1-2H3,(H,14,16). The molecule has 0 spiro atoms. The van der Waals surface area contributed by atoms with Crippen LogP contribution in [-0.4, -0.2) is 23.7 Å². The summed E-state index contributed by atoms with van der Waals surface area (Å²) in [6, 6.07) is 9.67. The Morgan fingerprint density at radius 2 is 1.94 bits per heavy atom. The van der Waals surface area contributed by atoms with Crippen molar-refractivity contribution in [3.8, 4) is 0 Å². The average molecular weight is 221 g/mol. The van der Waals surface area contributed by atoms with Crippen molar-refractivity contribution in [1.29, 1.82) is 0 Å². The van der Waals surface area contributed by atoms with E-state index < -0.39 is 0 Å². The molecule has 1 aromatic carbocycles. The van der Waals surface area contributed by atoms with Crippen molar-refractivity contribution in [2.45, 2.75) is 32.3 Å². The Morgan fingerprint density at radius 1 is 1.31 bits per heavy atom. The van der Waals surface area contributed by atoms with E-state index in [0.717, 1.165) is 5.56 Å². The van der Waals surface area contributed by atoms with Gasteiger partial charge >= 0.3 is 0 Å². The molecule has 0 aliphatic rings. The zero-order chi connectivity index (χ0) is 12.0. The van der Waals surface area contributed by atoms with Gasteiger partial charge in [-0.05, 0) is 25.8 Å². The van der Waals surface area contributed by atoms with Gasteiger partial charge in [0.2, 0.25) is 5.91 Å². The smallest absolute Gasteiger partial charge is 0.227 e. The predicted molar refractivity (Wildman–Crippen MR) is 64.2 cm³/mol. The molecular weight excluding hydrogens is 202 g/mol. The first-order valence-electron chi connectivity index (χ1n) is 5.62. The van der Waals surface area contributed by atoms with Crippen LogP contribution in [0.15, 0.2) is 30.3 Å². The van der Waals surface area contributed by atoms with E-state index in [-0.39, 0.29) is 17.9 Å². The number of amides is 1. The van der Waals surface area contributed by atoms with Crippen LogP contribution in [0.2, 0.25) is 0 Å². The summed E-state index contributed by atoms with van der Waals surface area (Å²) >= 11 is 0. The second-order valence-corrected chi connectivity index (χ2v) is 4.06. The van der Waals surface area contributed by atoms with E-state index in [1.54, 1.807) is 6.92 Å². The van der Waals surface area contributed by atoms with E-state index in [0.29, 0.717) is 13.0 Å². The molecule has 1 amide bonds. The summed E-state index contributed by atoms with van der Waals surface area (Å²) in [7, 11) is 0. The summed E-state index contributed by atoms with van der Waals surface area (Å²) in [5.41, 5.74) is 1.01. The average Bonchev–Trinajstić information content (AvgIpc) is 2.28. The Balaban J connectivity index is 2.43. The molecule has 0 radical (unpaired) electrons. The Morgan fingerprint density at radius 3 is 2.50 bits per heavy atom. The summed E-state index contributed by atoms with van der Waals surface area (Å²) in [6.07, 6.45) is 0.222. The molecule has 0 aliphatic heterocycles.